The number of hydrogen-bond donors (Lipinski definition) is 1. The fraction of sp³-hybridized carbons (Fsp3) is 0.444. The Balaban J connectivity index is 1.20. The number of para-hydroxylation sites is 1. The van der Waals surface area contributed by atoms with Crippen LogP contribution in [-0.4, -0.2) is 59.7 Å². The Kier molecular flexibility index (Phi) is 6.37. The Morgan fingerprint density at radius 2 is 1.76 bits per heavy atom. The highest BCUT2D eigenvalue weighted by Crippen LogP contribution is 2.44. The molecule has 1 spiro atoms. The van der Waals surface area contributed by atoms with Gasteiger partial charge in [-0.15, -0.1) is 0 Å². The van der Waals surface area contributed by atoms with Crippen LogP contribution in [0.25, 0.3) is 0 Å². The third-order valence-electron chi connectivity index (χ3n) is 7.19. The van der Waals surface area contributed by atoms with E-state index in [0.29, 0.717) is 6.54 Å². The second-order valence-electron chi connectivity index (χ2n) is 9.63. The summed E-state index contributed by atoms with van der Waals surface area (Å²) in [6.07, 6.45) is 3.68. The fourth-order valence-corrected chi connectivity index (χ4v) is 5.17. The van der Waals surface area contributed by atoms with Gasteiger partial charge in [-0.3, -0.25) is 9.59 Å². The van der Waals surface area contributed by atoms with Gasteiger partial charge in [0.05, 0.1) is 18.3 Å². The van der Waals surface area contributed by atoms with Crippen LogP contribution < -0.4 is 10.1 Å². The first-order chi connectivity index (χ1) is 16.5. The van der Waals surface area contributed by atoms with Crippen LogP contribution in [0, 0.1) is 0 Å². The number of nitrogens with zero attached hydrogens (tertiary/aromatic N) is 3. The number of nitrogens with one attached hydrogen (secondary N) is 1. The standard InChI is InChI=1S/C27H32N4O3/c1-30-17-14-27(15-18-30)19-23(21-9-5-6-10-24(21)34-27)28-25(32)11-12-26(33)31-16-13-22(29-31)20-7-3-2-4-8-20/h2-10,23H,11-19H2,1H3,(H,28,32)/t23-/m0/s1. The average molecular weight is 461 g/mol. The molecule has 0 bridgehead atoms. The van der Waals surface area contributed by atoms with E-state index in [0.717, 1.165) is 61.4 Å². The molecule has 0 radical (unpaired) electrons. The number of fused-ring (bicyclic) bond motifs is 1. The molecule has 0 aromatic heterocycles. The molecule has 2 aromatic rings. The molecule has 1 saturated heterocycles. The predicted octanol–water partition coefficient (Wildman–Crippen LogP) is 3.51. The fourth-order valence-electron chi connectivity index (χ4n) is 5.17. The van der Waals surface area contributed by atoms with Crippen LogP contribution >= 0.6 is 0 Å². The Morgan fingerprint density at radius 1 is 1.03 bits per heavy atom. The van der Waals surface area contributed by atoms with E-state index in [-0.39, 0.29) is 36.3 Å². The summed E-state index contributed by atoms with van der Waals surface area (Å²) in [6, 6.07) is 17.8. The molecule has 0 aliphatic carbocycles. The number of benzene rings is 2. The second-order valence-corrected chi connectivity index (χ2v) is 9.63. The zero-order chi connectivity index (χ0) is 23.5. The van der Waals surface area contributed by atoms with Crippen LogP contribution in [0.1, 0.15) is 55.7 Å². The van der Waals surface area contributed by atoms with Gasteiger partial charge in [-0.1, -0.05) is 48.5 Å². The third kappa shape index (κ3) is 4.85. The molecule has 178 valence electrons. The Morgan fingerprint density at radius 3 is 2.56 bits per heavy atom. The van der Waals surface area contributed by atoms with Crippen LogP contribution in [0.15, 0.2) is 59.7 Å². The molecule has 0 saturated carbocycles. The molecule has 3 aliphatic heterocycles. The summed E-state index contributed by atoms with van der Waals surface area (Å²) in [5, 5.41) is 9.20. The first-order valence-electron chi connectivity index (χ1n) is 12.2. The minimum atomic E-state index is -0.243. The molecular weight excluding hydrogens is 428 g/mol. The van der Waals surface area contributed by atoms with Gasteiger partial charge in [0.2, 0.25) is 11.8 Å². The summed E-state index contributed by atoms with van der Waals surface area (Å²) >= 11 is 0. The van der Waals surface area contributed by atoms with E-state index >= 15 is 0 Å². The number of ether oxygens (including phenoxy) is 1. The largest absolute Gasteiger partial charge is 0.487 e. The summed E-state index contributed by atoms with van der Waals surface area (Å²) in [6.45, 7) is 2.53. The molecule has 3 heterocycles. The predicted molar refractivity (Wildman–Crippen MR) is 131 cm³/mol. The smallest absolute Gasteiger partial charge is 0.243 e. The van der Waals surface area contributed by atoms with Crippen molar-refractivity contribution in [1.29, 1.82) is 0 Å². The van der Waals surface area contributed by atoms with Crippen molar-refractivity contribution < 1.29 is 14.3 Å². The Labute approximate surface area is 200 Å². The van der Waals surface area contributed by atoms with Crippen molar-refractivity contribution in [3.63, 3.8) is 0 Å². The van der Waals surface area contributed by atoms with Gasteiger partial charge >= 0.3 is 0 Å². The lowest BCUT2D eigenvalue weighted by atomic mass is 9.80. The molecule has 2 amide bonds. The molecule has 34 heavy (non-hydrogen) atoms. The molecular formula is C27H32N4O3. The van der Waals surface area contributed by atoms with Crippen molar-refractivity contribution >= 4 is 17.5 Å². The normalized spacial score (nSPS) is 21.5. The maximum Gasteiger partial charge on any atom is 0.243 e. The molecule has 7 heteroatoms. The van der Waals surface area contributed by atoms with E-state index < -0.39 is 0 Å². The average Bonchev–Trinajstić information content (AvgIpc) is 3.36. The number of amides is 2. The number of carbonyl (C=O) groups is 2. The van der Waals surface area contributed by atoms with E-state index in [2.05, 4.69) is 22.4 Å². The highest BCUT2D eigenvalue weighted by Gasteiger charge is 2.43. The lowest BCUT2D eigenvalue weighted by Gasteiger charge is -2.46. The van der Waals surface area contributed by atoms with Crippen molar-refractivity contribution in [3.8, 4) is 5.75 Å². The van der Waals surface area contributed by atoms with E-state index in [4.69, 9.17) is 4.74 Å². The van der Waals surface area contributed by atoms with Gasteiger partial charge in [0.15, 0.2) is 0 Å². The number of hydrazone groups is 1. The van der Waals surface area contributed by atoms with E-state index in [1.165, 1.54) is 5.01 Å². The van der Waals surface area contributed by atoms with Crippen molar-refractivity contribution in [2.75, 3.05) is 26.7 Å². The van der Waals surface area contributed by atoms with E-state index in [1.54, 1.807) is 0 Å². The lowest BCUT2D eigenvalue weighted by Crippen LogP contribution is -2.51. The molecule has 7 nitrogen and oxygen atoms in total. The number of likely N-dealkylation sites (tertiary alicyclic amines) is 1. The summed E-state index contributed by atoms with van der Waals surface area (Å²) < 4.78 is 6.48. The first kappa shape index (κ1) is 22.6. The van der Waals surface area contributed by atoms with E-state index in [1.807, 2.05) is 54.6 Å². The van der Waals surface area contributed by atoms with Gasteiger partial charge in [0.25, 0.3) is 0 Å². The molecule has 2 aromatic carbocycles. The zero-order valence-corrected chi connectivity index (χ0v) is 19.7. The number of carbonyl (C=O) groups excluding carboxylic acids is 2. The number of rotatable bonds is 5. The first-order valence-corrected chi connectivity index (χ1v) is 12.2. The Bertz CT molecular complexity index is 1080. The third-order valence-corrected chi connectivity index (χ3v) is 7.19. The SMILES string of the molecule is CN1CCC2(CC1)C[C@H](NC(=O)CCC(=O)N1CCC(c3ccccc3)=N1)c1ccccc1O2. The monoisotopic (exact) mass is 460 g/mol. The van der Waals surface area contributed by atoms with Gasteiger partial charge in [-0.05, 0) is 31.5 Å². The number of hydrogen-bond acceptors (Lipinski definition) is 5. The van der Waals surface area contributed by atoms with Crippen molar-refractivity contribution in [3.05, 3.63) is 65.7 Å². The molecule has 1 fully saturated rings. The van der Waals surface area contributed by atoms with Crippen molar-refractivity contribution in [2.45, 2.75) is 50.2 Å². The maximum atomic E-state index is 12.9. The molecule has 0 unspecified atom stereocenters. The highest BCUT2D eigenvalue weighted by molar-refractivity contribution is 6.02. The zero-order valence-electron chi connectivity index (χ0n) is 19.7. The number of piperidine rings is 1. The summed E-state index contributed by atoms with van der Waals surface area (Å²) in [5.41, 5.74) is 2.73. The highest BCUT2D eigenvalue weighted by atomic mass is 16.5. The van der Waals surface area contributed by atoms with Gasteiger partial charge in [-0.25, -0.2) is 5.01 Å². The van der Waals surface area contributed by atoms with Gasteiger partial charge in [-0.2, -0.15) is 5.10 Å². The second kappa shape index (κ2) is 9.58. The summed E-state index contributed by atoms with van der Waals surface area (Å²) in [5.74, 6) is 0.643. The van der Waals surface area contributed by atoms with Crippen molar-refractivity contribution in [2.24, 2.45) is 5.10 Å². The quantitative estimate of drug-likeness (QED) is 0.741. The minimum absolute atomic E-state index is 0.106. The van der Waals surface area contributed by atoms with Crippen LogP contribution in [0.2, 0.25) is 0 Å². The van der Waals surface area contributed by atoms with Gasteiger partial charge < -0.3 is 15.0 Å². The van der Waals surface area contributed by atoms with E-state index in [9.17, 15) is 9.59 Å². The van der Waals surface area contributed by atoms with Crippen molar-refractivity contribution in [1.82, 2.24) is 15.2 Å². The van der Waals surface area contributed by atoms with Crippen LogP contribution in [0.4, 0.5) is 0 Å². The lowest BCUT2D eigenvalue weighted by molar-refractivity contribution is -0.133. The molecule has 1 atom stereocenters. The minimum Gasteiger partial charge on any atom is -0.487 e. The molecule has 3 aliphatic rings. The molecule has 5 rings (SSSR count). The summed E-state index contributed by atoms with van der Waals surface area (Å²) in [4.78, 5) is 27.9. The molecule has 1 N–H and O–H groups in total. The summed E-state index contributed by atoms with van der Waals surface area (Å²) in [7, 11) is 2.13. The Hall–Kier alpha value is -3.19. The van der Waals surface area contributed by atoms with Crippen LogP contribution in [-0.2, 0) is 9.59 Å². The van der Waals surface area contributed by atoms with Crippen LogP contribution in [0.5, 0.6) is 5.75 Å². The topological polar surface area (TPSA) is 74.2 Å². The van der Waals surface area contributed by atoms with Crippen LogP contribution in [0.3, 0.4) is 0 Å². The maximum absolute atomic E-state index is 12.9. The van der Waals surface area contributed by atoms with Gasteiger partial charge in [0.1, 0.15) is 11.4 Å². The van der Waals surface area contributed by atoms with Gasteiger partial charge in [0, 0.05) is 44.3 Å².